The van der Waals surface area contributed by atoms with Crippen molar-refractivity contribution in [3.8, 4) is 17.0 Å². The standard InChI is InChI=1S/C27H32FN3O4S/c1-18(2)23-15-21(28)16-24(20-10-12-29-27(14-20)35-5)25(23)17-26(32)30-36(33,34)22-8-6-19(7-9-22)11-13-31(3)4/h6-10,12,14-16,18H,11,13,17H2,1-5H3,(H,30,32). The highest BCUT2D eigenvalue weighted by atomic mass is 32.2. The van der Waals surface area contributed by atoms with Gasteiger partial charge in [-0.1, -0.05) is 26.0 Å². The van der Waals surface area contributed by atoms with E-state index in [1.807, 2.05) is 32.8 Å². The first-order chi connectivity index (χ1) is 17.0. The van der Waals surface area contributed by atoms with Gasteiger partial charge in [0.1, 0.15) is 5.82 Å². The molecule has 3 aromatic rings. The van der Waals surface area contributed by atoms with Crippen LogP contribution in [0.3, 0.4) is 0 Å². The monoisotopic (exact) mass is 513 g/mol. The predicted molar refractivity (Wildman–Crippen MR) is 138 cm³/mol. The van der Waals surface area contributed by atoms with Gasteiger partial charge in [0.15, 0.2) is 0 Å². The van der Waals surface area contributed by atoms with E-state index in [0.717, 1.165) is 18.5 Å². The van der Waals surface area contributed by atoms with Crippen LogP contribution in [0.25, 0.3) is 11.1 Å². The molecule has 1 heterocycles. The molecule has 0 unspecified atom stereocenters. The van der Waals surface area contributed by atoms with Crippen LogP contribution in [0.5, 0.6) is 5.88 Å². The maximum Gasteiger partial charge on any atom is 0.264 e. The first kappa shape index (κ1) is 27.3. The van der Waals surface area contributed by atoms with Gasteiger partial charge in [0.05, 0.1) is 18.4 Å². The van der Waals surface area contributed by atoms with E-state index < -0.39 is 21.7 Å². The Hall–Kier alpha value is -3.30. The lowest BCUT2D eigenvalue weighted by atomic mass is 9.88. The molecule has 0 radical (unpaired) electrons. The van der Waals surface area contributed by atoms with Crippen molar-refractivity contribution in [2.75, 3.05) is 27.7 Å². The van der Waals surface area contributed by atoms with Crippen molar-refractivity contribution in [1.29, 1.82) is 0 Å². The summed E-state index contributed by atoms with van der Waals surface area (Å²) < 4.78 is 47.7. The van der Waals surface area contributed by atoms with Crippen molar-refractivity contribution in [3.63, 3.8) is 0 Å². The Kier molecular flexibility index (Phi) is 8.81. The molecule has 1 amide bonds. The fraction of sp³-hybridized carbons (Fsp3) is 0.333. The number of pyridine rings is 1. The zero-order chi connectivity index (χ0) is 26.5. The van der Waals surface area contributed by atoms with Crippen LogP contribution in [-0.2, 0) is 27.7 Å². The maximum atomic E-state index is 14.6. The smallest absolute Gasteiger partial charge is 0.264 e. The van der Waals surface area contributed by atoms with Gasteiger partial charge in [0.2, 0.25) is 11.8 Å². The largest absolute Gasteiger partial charge is 0.481 e. The number of benzene rings is 2. The van der Waals surface area contributed by atoms with Gasteiger partial charge >= 0.3 is 0 Å². The number of carbonyl (C=O) groups excluding carboxylic acids is 1. The van der Waals surface area contributed by atoms with E-state index in [1.165, 1.54) is 37.6 Å². The molecule has 2 aromatic carbocycles. The molecule has 0 atom stereocenters. The molecule has 36 heavy (non-hydrogen) atoms. The van der Waals surface area contributed by atoms with Gasteiger partial charge in [-0.2, -0.15) is 0 Å². The summed E-state index contributed by atoms with van der Waals surface area (Å²) in [6, 6.07) is 12.5. The van der Waals surface area contributed by atoms with E-state index in [9.17, 15) is 17.6 Å². The van der Waals surface area contributed by atoms with E-state index >= 15 is 0 Å². The third kappa shape index (κ3) is 6.89. The molecule has 3 rings (SSSR count). The number of carbonyl (C=O) groups is 1. The fourth-order valence-corrected chi connectivity index (χ4v) is 4.89. The van der Waals surface area contributed by atoms with Gasteiger partial charge in [0, 0.05) is 18.8 Å². The summed E-state index contributed by atoms with van der Waals surface area (Å²) in [6.45, 7) is 4.62. The molecule has 0 saturated heterocycles. The third-order valence-electron chi connectivity index (χ3n) is 5.79. The quantitative estimate of drug-likeness (QED) is 0.438. The molecule has 1 N–H and O–H groups in total. The van der Waals surface area contributed by atoms with Crippen molar-refractivity contribution >= 4 is 15.9 Å². The average Bonchev–Trinajstić information content (AvgIpc) is 2.83. The van der Waals surface area contributed by atoms with E-state index in [2.05, 4.69) is 9.71 Å². The van der Waals surface area contributed by atoms with Crippen LogP contribution < -0.4 is 9.46 Å². The Morgan fingerprint density at radius 2 is 1.81 bits per heavy atom. The highest BCUT2D eigenvalue weighted by molar-refractivity contribution is 7.90. The lowest BCUT2D eigenvalue weighted by Crippen LogP contribution is -2.32. The number of nitrogens with one attached hydrogen (secondary N) is 1. The topological polar surface area (TPSA) is 88.6 Å². The van der Waals surface area contributed by atoms with E-state index in [1.54, 1.807) is 24.3 Å². The Morgan fingerprint density at radius 1 is 1.11 bits per heavy atom. The van der Waals surface area contributed by atoms with Crippen molar-refractivity contribution < 1.29 is 22.3 Å². The highest BCUT2D eigenvalue weighted by Gasteiger charge is 2.22. The number of sulfonamides is 1. The summed E-state index contributed by atoms with van der Waals surface area (Å²) >= 11 is 0. The van der Waals surface area contributed by atoms with Crippen LogP contribution in [0.2, 0.25) is 0 Å². The molecule has 0 fully saturated rings. The van der Waals surface area contributed by atoms with Crippen LogP contribution in [0.15, 0.2) is 59.6 Å². The molecule has 0 spiro atoms. The molecule has 0 aliphatic carbocycles. The minimum absolute atomic E-state index is 0.00624. The summed E-state index contributed by atoms with van der Waals surface area (Å²) in [4.78, 5) is 19.1. The van der Waals surface area contributed by atoms with E-state index in [0.29, 0.717) is 28.1 Å². The summed E-state index contributed by atoms with van der Waals surface area (Å²) in [5.74, 6) is -0.912. The number of likely N-dealkylation sites (N-methyl/N-ethyl adjacent to an activating group) is 1. The number of amides is 1. The number of nitrogens with zero attached hydrogens (tertiary/aromatic N) is 2. The lowest BCUT2D eigenvalue weighted by molar-refractivity contribution is -0.118. The number of aromatic nitrogens is 1. The molecule has 7 nitrogen and oxygen atoms in total. The molecule has 192 valence electrons. The number of hydrogen-bond acceptors (Lipinski definition) is 6. The Balaban J connectivity index is 1.89. The maximum absolute atomic E-state index is 14.6. The van der Waals surface area contributed by atoms with Gasteiger partial charge in [-0.3, -0.25) is 4.79 Å². The van der Waals surface area contributed by atoms with Gasteiger partial charge in [-0.15, -0.1) is 0 Å². The van der Waals surface area contributed by atoms with Crippen molar-refractivity contribution in [3.05, 3.63) is 77.2 Å². The second kappa shape index (κ2) is 11.6. The first-order valence-electron chi connectivity index (χ1n) is 11.6. The lowest BCUT2D eigenvalue weighted by Gasteiger charge is -2.18. The van der Waals surface area contributed by atoms with Gasteiger partial charge < -0.3 is 9.64 Å². The minimum Gasteiger partial charge on any atom is -0.481 e. The Morgan fingerprint density at radius 3 is 2.42 bits per heavy atom. The fourth-order valence-electron chi connectivity index (χ4n) is 3.91. The van der Waals surface area contributed by atoms with Crippen molar-refractivity contribution in [2.45, 2.75) is 37.5 Å². The normalized spacial score (nSPS) is 11.7. The van der Waals surface area contributed by atoms with Gasteiger partial charge in [-0.25, -0.2) is 22.5 Å². The number of hydrogen-bond donors (Lipinski definition) is 1. The summed E-state index contributed by atoms with van der Waals surface area (Å²) in [6.07, 6.45) is 2.07. The van der Waals surface area contributed by atoms with E-state index in [4.69, 9.17) is 4.74 Å². The predicted octanol–water partition coefficient (Wildman–Crippen LogP) is 4.17. The second-order valence-electron chi connectivity index (χ2n) is 9.17. The molecule has 0 aliphatic rings. The zero-order valence-corrected chi connectivity index (χ0v) is 22.0. The Bertz CT molecular complexity index is 1320. The molecular formula is C27H32FN3O4S. The number of rotatable bonds is 10. The van der Waals surface area contributed by atoms with E-state index in [-0.39, 0.29) is 17.2 Å². The van der Waals surface area contributed by atoms with Crippen LogP contribution in [0.1, 0.15) is 36.5 Å². The number of halogens is 1. The van der Waals surface area contributed by atoms with Gasteiger partial charge in [0.25, 0.3) is 10.0 Å². The SMILES string of the molecule is COc1cc(-c2cc(F)cc(C(C)C)c2CC(=O)NS(=O)(=O)c2ccc(CCN(C)C)cc2)ccn1. The molecule has 9 heteroatoms. The molecular weight excluding hydrogens is 481 g/mol. The zero-order valence-electron chi connectivity index (χ0n) is 21.2. The summed E-state index contributed by atoms with van der Waals surface area (Å²) in [5.41, 5.74) is 3.27. The molecule has 0 saturated carbocycles. The third-order valence-corrected chi connectivity index (χ3v) is 7.18. The van der Waals surface area contributed by atoms with Gasteiger partial charge in [-0.05, 0) is 84.6 Å². The van der Waals surface area contributed by atoms with Crippen molar-refractivity contribution in [1.82, 2.24) is 14.6 Å². The van der Waals surface area contributed by atoms with Crippen LogP contribution in [0.4, 0.5) is 4.39 Å². The highest BCUT2D eigenvalue weighted by Crippen LogP contribution is 2.33. The molecule has 1 aromatic heterocycles. The average molecular weight is 514 g/mol. The first-order valence-corrected chi connectivity index (χ1v) is 13.1. The number of ether oxygens (including phenoxy) is 1. The minimum atomic E-state index is -4.07. The van der Waals surface area contributed by atoms with Crippen LogP contribution in [0, 0.1) is 5.82 Å². The molecule has 0 bridgehead atoms. The summed E-state index contributed by atoms with van der Waals surface area (Å²) in [7, 11) is 1.34. The van der Waals surface area contributed by atoms with Crippen molar-refractivity contribution in [2.24, 2.45) is 0 Å². The summed E-state index contributed by atoms with van der Waals surface area (Å²) in [5, 5.41) is 0. The Labute approximate surface area is 212 Å². The van der Waals surface area contributed by atoms with Crippen LogP contribution >= 0.6 is 0 Å². The second-order valence-corrected chi connectivity index (χ2v) is 10.8. The molecule has 0 aliphatic heterocycles. The van der Waals surface area contributed by atoms with Crippen LogP contribution in [-0.4, -0.2) is 52.0 Å². The number of methoxy groups -OCH3 is 1.